The Labute approximate surface area is 161 Å². The number of fused-ring (bicyclic) bond motifs is 1. The first kappa shape index (κ1) is 17.9. The van der Waals surface area contributed by atoms with Crippen LogP contribution in [0.1, 0.15) is 0 Å². The molecule has 3 aromatic heterocycles. The van der Waals surface area contributed by atoms with E-state index in [0.29, 0.717) is 16.8 Å². The molecule has 0 saturated carbocycles. The summed E-state index contributed by atoms with van der Waals surface area (Å²) >= 11 is 0. The van der Waals surface area contributed by atoms with Crippen molar-refractivity contribution in [3.63, 3.8) is 0 Å². The van der Waals surface area contributed by atoms with Crippen LogP contribution in [0.25, 0.3) is 22.4 Å². The third-order valence-corrected chi connectivity index (χ3v) is 5.47. The lowest BCUT2D eigenvalue weighted by Crippen LogP contribution is -2.14. The number of sulfonamides is 1. The molecule has 0 atom stereocenters. The highest BCUT2D eigenvalue weighted by Crippen LogP contribution is 2.28. The van der Waals surface area contributed by atoms with E-state index in [2.05, 4.69) is 19.8 Å². The average molecular weight is 395 g/mol. The molecule has 0 aliphatic carbocycles. The smallest absolute Gasteiger partial charge is 0.263 e. The second-order valence-electron chi connectivity index (χ2n) is 6.33. The van der Waals surface area contributed by atoms with Gasteiger partial charge in [-0.3, -0.25) is 4.72 Å². The van der Waals surface area contributed by atoms with Gasteiger partial charge < -0.3 is 9.42 Å². The molecule has 0 unspecified atom stereocenters. The number of nitrogens with zero attached hydrogens (tertiary/aromatic N) is 4. The van der Waals surface area contributed by atoms with E-state index in [-0.39, 0.29) is 10.6 Å². The Bertz CT molecular complexity index is 1220. The minimum absolute atomic E-state index is 0.0112. The molecule has 1 aromatic carbocycles. The van der Waals surface area contributed by atoms with Crippen molar-refractivity contribution in [3.8, 4) is 11.3 Å². The van der Waals surface area contributed by atoms with Crippen molar-refractivity contribution in [3.05, 3.63) is 60.9 Å². The highest BCUT2D eigenvalue weighted by Gasteiger charge is 2.19. The molecule has 0 aliphatic heterocycles. The molecule has 8 nitrogen and oxygen atoms in total. The zero-order valence-corrected chi connectivity index (χ0v) is 16.0. The predicted molar refractivity (Wildman–Crippen MR) is 107 cm³/mol. The molecule has 0 radical (unpaired) electrons. The Hall–Kier alpha value is -3.46. The minimum atomic E-state index is -3.85. The molecule has 142 valence electrons. The number of pyridine rings is 2. The zero-order valence-electron chi connectivity index (χ0n) is 15.2. The van der Waals surface area contributed by atoms with E-state index in [0.717, 1.165) is 11.4 Å². The highest BCUT2D eigenvalue weighted by molar-refractivity contribution is 7.92. The van der Waals surface area contributed by atoms with Gasteiger partial charge in [0.05, 0.1) is 23.5 Å². The number of benzene rings is 1. The third-order valence-electron chi connectivity index (χ3n) is 4.12. The lowest BCUT2D eigenvalue weighted by atomic mass is 10.1. The molecule has 0 saturated heterocycles. The first-order valence-corrected chi connectivity index (χ1v) is 9.89. The highest BCUT2D eigenvalue weighted by atomic mass is 32.2. The Kier molecular flexibility index (Phi) is 4.44. The van der Waals surface area contributed by atoms with Crippen LogP contribution in [-0.2, 0) is 10.0 Å². The van der Waals surface area contributed by atoms with Gasteiger partial charge in [0.1, 0.15) is 16.4 Å². The van der Waals surface area contributed by atoms with Crippen LogP contribution < -0.4 is 9.62 Å². The largest absolute Gasteiger partial charge is 0.363 e. The number of rotatable bonds is 5. The van der Waals surface area contributed by atoms with Crippen LogP contribution in [0.3, 0.4) is 0 Å². The molecule has 4 aromatic rings. The van der Waals surface area contributed by atoms with Crippen LogP contribution in [0.2, 0.25) is 0 Å². The summed E-state index contributed by atoms with van der Waals surface area (Å²) in [6.45, 7) is 0. The van der Waals surface area contributed by atoms with Gasteiger partial charge in [-0.1, -0.05) is 35.5 Å². The van der Waals surface area contributed by atoms with E-state index >= 15 is 0 Å². The molecule has 0 fully saturated rings. The fourth-order valence-electron chi connectivity index (χ4n) is 2.69. The van der Waals surface area contributed by atoms with Crippen molar-refractivity contribution < 1.29 is 12.9 Å². The maximum Gasteiger partial charge on any atom is 0.263 e. The van der Waals surface area contributed by atoms with Crippen LogP contribution >= 0.6 is 0 Å². The second kappa shape index (κ2) is 6.93. The Morgan fingerprint density at radius 3 is 2.46 bits per heavy atom. The van der Waals surface area contributed by atoms with Crippen molar-refractivity contribution in [1.82, 2.24) is 15.1 Å². The van der Waals surface area contributed by atoms with Crippen molar-refractivity contribution in [1.29, 1.82) is 0 Å². The Morgan fingerprint density at radius 2 is 1.79 bits per heavy atom. The van der Waals surface area contributed by atoms with Crippen molar-refractivity contribution in [2.24, 2.45) is 0 Å². The van der Waals surface area contributed by atoms with E-state index < -0.39 is 10.0 Å². The summed E-state index contributed by atoms with van der Waals surface area (Å²) in [5, 5.41) is 4.55. The molecule has 0 spiro atoms. The first-order chi connectivity index (χ1) is 13.4. The van der Waals surface area contributed by atoms with Crippen LogP contribution in [0, 0.1) is 0 Å². The summed E-state index contributed by atoms with van der Waals surface area (Å²) in [4.78, 5) is 10.1. The fraction of sp³-hybridized carbons (Fsp3) is 0.105. The lowest BCUT2D eigenvalue weighted by Gasteiger charge is -2.12. The van der Waals surface area contributed by atoms with E-state index in [4.69, 9.17) is 4.52 Å². The average Bonchev–Trinajstić information content (AvgIpc) is 3.12. The molecular formula is C19H17N5O3S. The molecule has 0 aliphatic rings. The van der Waals surface area contributed by atoms with Gasteiger partial charge in [-0.05, 0) is 18.2 Å². The quantitative estimate of drug-likeness (QED) is 0.554. The van der Waals surface area contributed by atoms with Crippen molar-refractivity contribution >= 4 is 32.6 Å². The van der Waals surface area contributed by atoms with Crippen LogP contribution in [0.15, 0.2) is 70.3 Å². The van der Waals surface area contributed by atoms with Gasteiger partial charge >= 0.3 is 0 Å². The molecule has 9 heteroatoms. The maximum absolute atomic E-state index is 12.8. The molecule has 1 N–H and O–H groups in total. The van der Waals surface area contributed by atoms with E-state index in [1.54, 1.807) is 12.1 Å². The van der Waals surface area contributed by atoms with E-state index in [1.165, 1.54) is 18.5 Å². The van der Waals surface area contributed by atoms with E-state index in [1.807, 2.05) is 49.3 Å². The number of hydrogen-bond acceptors (Lipinski definition) is 7. The van der Waals surface area contributed by atoms with Crippen LogP contribution in [0.5, 0.6) is 0 Å². The van der Waals surface area contributed by atoms with Gasteiger partial charge in [-0.2, -0.15) is 0 Å². The molecule has 28 heavy (non-hydrogen) atoms. The first-order valence-electron chi connectivity index (χ1n) is 8.41. The Morgan fingerprint density at radius 1 is 1.00 bits per heavy atom. The number of nitrogens with one attached hydrogen (secondary N) is 1. The molecular weight excluding hydrogens is 378 g/mol. The summed E-state index contributed by atoms with van der Waals surface area (Å²) in [7, 11) is -0.135. The number of aromatic nitrogens is 3. The predicted octanol–water partition coefficient (Wildman–Crippen LogP) is 3.15. The number of anilines is 2. The van der Waals surface area contributed by atoms with Gasteiger partial charge in [0, 0.05) is 19.7 Å². The summed E-state index contributed by atoms with van der Waals surface area (Å²) in [6.07, 6.45) is 2.71. The number of hydrogen-bond donors (Lipinski definition) is 1. The molecule has 4 rings (SSSR count). The summed E-state index contributed by atoms with van der Waals surface area (Å²) < 4.78 is 33.3. The molecule has 0 amide bonds. The topological polar surface area (TPSA) is 101 Å². The fourth-order valence-corrected chi connectivity index (χ4v) is 3.70. The molecule has 0 bridgehead atoms. The third kappa shape index (κ3) is 3.39. The minimum Gasteiger partial charge on any atom is -0.363 e. The van der Waals surface area contributed by atoms with Crippen LogP contribution in [-0.4, -0.2) is 37.6 Å². The van der Waals surface area contributed by atoms with E-state index in [9.17, 15) is 8.42 Å². The van der Waals surface area contributed by atoms with Gasteiger partial charge in [0.25, 0.3) is 15.7 Å². The van der Waals surface area contributed by atoms with Crippen LogP contribution in [0.4, 0.5) is 11.5 Å². The summed E-state index contributed by atoms with van der Waals surface area (Å²) in [6, 6.07) is 14.3. The van der Waals surface area contributed by atoms with Gasteiger partial charge in [-0.25, -0.2) is 18.4 Å². The zero-order chi connectivity index (χ0) is 19.7. The van der Waals surface area contributed by atoms with Gasteiger partial charge in [0.15, 0.2) is 0 Å². The lowest BCUT2D eigenvalue weighted by molar-refractivity contribution is 0.451. The molecule has 3 heterocycles. The van der Waals surface area contributed by atoms with Gasteiger partial charge in [-0.15, -0.1) is 0 Å². The standard InChI is InChI=1S/C19H17N5O3S/c1-24(2)17-9-8-14(11-20-17)23-28(25,26)15-10-16-18(13-6-4-3-5-7-13)22-27-19(16)21-12-15/h3-12,23H,1-2H3. The monoisotopic (exact) mass is 395 g/mol. The van der Waals surface area contributed by atoms with Crippen molar-refractivity contribution in [2.75, 3.05) is 23.7 Å². The Balaban J connectivity index is 1.69. The van der Waals surface area contributed by atoms with Gasteiger partial charge in [0.2, 0.25) is 0 Å². The maximum atomic E-state index is 12.8. The van der Waals surface area contributed by atoms with Crippen molar-refractivity contribution in [2.45, 2.75) is 4.90 Å². The normalized spacial score (nSPS) is 11.5. The summed E-state index contributed by atoms with van der Waals surface area (Å²) in [5.41, 5.74) is 1.99. The second-order valence-corrected chi connectivity index (χ2v) is 8.01. The summed E-state index contributed by atoms with van der Waals surface area (Å²) in [5.74, 6) is 0.725. The SMILES string of the molecule is CN(C)c1ccc(NS(=O)(=O)c2cnc3onc(-c4ccccc4)c3c2)cn1.